The van der Waals surface area contributed by atoms with Gasteiger partial charge in [-0.15, -0.1) is 11.8 Å². The molecule has 0 saturated carbocycles. The number of ether oxygens (including phenoxy) is 1. The Labute approximate surface area is 157 Å². The highest BCUT2D eigenvalue weighted by molar-refractivity contribution is 7.99. The van der Waals surface area contributed by atoms with E-state index in [1.165, 1.54) is 26.3 Å². The van der Waals surface area contributed by atoms with Gasteiger partial charge in [-0.2, -0.15) is 0 Å². The zero-order valence-corrected chi connectivity index (χ0v) is 16.1. The monoisotopic (exact) mass is 392 g/mol. The van der Waals surface area contributed by atoms with Crippen molar-refractivity contribution in [3.05, 3.63) is 53.6 Å². The van der Waals surface area contributed by atoms with Gasteiger partial charge in [0.2, 0.25) is 10.0 Å². The number of carbonyl (C=O) groups is 1. The molecule has 2 N–H and O–H groups in total. The minimum atomic E-state index is -3.74. The predicted octanol–water partition coefficient (Wildman–Crippen LogP) is 2.57. The van der Waals surface area contributed by atoms with Crippen LogP contribution in [0.25, 0.3) is 0 Å². The van der Waals surface area contributed by atoms with E-state index in [0.29, 0.717) is 0 Å². The van der Waals surface area contributed by atoms with E-state index in [1.807, 2.05) is 24.3 Å². The fourth-order valence-corrected chi connectivity index (χ4v) is 4.91. The van der Waals surface area contributed by atoms with Crippen LogP contribution in [0, 0.1) is 0 Å². The molecule has 8 heteroatoms. The van der Waals surface area contributed by atoms with Crippen molar-refractivity contribution in [2.75, 3.05) is 19.9 Å². The highest BCUT2D eigenvalue weighted by Crippen LogP contribution is 2.36. The standard InChI is InChI=1S/C18H20N2O4S2/c1-19-26(22,23)17-11-12(7-8-15(17)24-2)18(21)20-14-9-10-25-16-6-4-3-5-13(14)16/h3-8,11,14,19H,9-10H2,1-2H3,(H,20,21)/t14-/m0/s1. The number of sulfonamides is 1. The van der Waals surface area contributed by atoms with E-state index in [1.54, 1.807) is 17.8 Å². The van der Waals surface area contributed by atoms with Crippen LogP contribution in [0.4, 0.5) is 0 Å². The van der Waals surface area contributed by atoms with Gasteiger partial charge in [0.1, 0.15) is 10.6 Å². The van der Waals surface area contributed by atoms with Crippen LogP contribution in [-0.4, -0.2) is 34.2 Å². The second kappa shape index (κ2) is 7.69. The molecular weight excluding hydrogens is 372 g/mol. The van der Waals surface area contributed by atoms with Crippen molar-refractivity contribution >= 4 is 27.7 Å². The number of fused-ring (bicyclic) bond motifs is 1. The maximum atomic E-state index is 12.7. The molecule has 2 aromatic rings. The summed E-state index contributed by atoms with van der Waals surface area (Å²) < 4.78 is 31.7. The van der Waals surface area contributed by atoms with E-state index in [-0.39, 0.29) is 28.2 Å². The van der Waals surface area contributed by atoms with Gasteiger partial charge in [-0.05, 0) is 43.3 Å². The van der Waals surface area contributed by atoms with E-state index in [9.17, 15) is 13.2 Å². The highest BCUT2D eigenvalue weighted by atomic mass is 32.2. The van der Waals surface area contributed by atoms with Crippen molar-refractivity contribution in [1.82, 2.24) is 10.0 Å². The van der Waals surface area contributed by atoms with E-state index in [4.69, 9.17) is 4.74 Å². The molecule has 1 aliphatic heterocycles. The van der Waals surface area contributed by atoms with Crippen LogP contribution in [0.2, 0.25) is 0 Å². The Hall–Kier alpha value is -2.03. The van der Waals surface area contributed by atoms with Gasteiger partial charge in [0.15, 0.2) is 0 Å². The number of rotatable bonds is 5. The summed E-state index contributed by atoms with van der Waals surface area (Å²) in [5.41, 5.74) is 1.36. The molecule has 0 saturated heterocycles. The molecular formula is C18H20N2O4S2. The summed E-state index contributed by atoms with van der Waals surface area (Å²) in [5, 5.41) is 3.02. The lowest BCUT2D eigenvalue weighted by molar-refractivity contribution is 0.0934. The Bertz CT molecular complexity index is 929. The van der Waals surface area contributed by atoms with Crippen molar-refractivity contribution in [2.45, 2.75) is 22.3 Å². The lowest BCUT2D eigenvalue weighted by Gasteiger charge is -2.26. The number of carbonyl (C=O) groups excluding carboxylic acids is 1. The average Bonchev–Trinajstić information content (AvgIpc) is 2.67. The molecule has 0 radical (unpaired) electrons. The molecule has 2 aromatic carbocycles. The van der Waals surface area contributed by atoms with Gasteiger partial charge in [-0.25, -0.2) is 13.1 Å². The smallest absolute Gasteiger partial charge is 0.251 e. The van der Waals surface area contributed by atoms with E-state index < -0.39 is 10.0 Å². The largest absolute Gasteiger partial charge is 0.495 e. The second-order valence-electron chi connectivity index (χ2n) is 5.77. The van der Waals surface area contributed by atoms with Crippen molar-refractivity contribution in [3.8, 4) is 5.75 Å². The molecule has 138 valence electrons. The maximum Gasteiger partial charge on any atom is 0.251 e. The summed E-state index contributed by atoms with van der Waals surface area (Å²) >= 11 is 1.77. The molecule has 0 aromatic heterocycles. The summed E-state index contributed by atoms with van der Waals surface area (Å²) in [6.07, 6.45) is 0.825. The molecule has 3 rings (SSSR count). The molecule has 0 aliphatic carbocycles. The predicted molar refractivity (Wildman–Crippen MR) is 101 cm³/mol. The van der Waals surface area contributed by atoms with Crippen molar-refractivity contribution < 1.29 is 17.9 Å². The summed E-state index contributed by atoms with van der Waals surface area (Å²) in [5.74, 6) is 0.798. The number of amides is 1. The van der Waals surface area contributed by atoms with Gasteiger partial charge < -0.3 is 10.1 Å². The van der Waals surface area contributed by atoms with Crippen LogP contribution in [0.5, 0.6) is 5.75 Å². The average molecular weight is 393 g/mol. The van der Waals surface area contributed by atoms with Gasteiger partial charge in [-0.1, -0.05) is 18.2 Å². The van der Waals surface area contributed by atoms with Crippen LogP contribution < -0.4 is 14.8 Å². The number of methoxy groups -OCH3 is 1. The fourth-order valence-electron chi connectivity index (χ4n) is 2.87. The fraction of sp³-hybridized carbons (Fsp3) is 0.278. The number of hydrogen-bond donors (Lipinski definition) is 2. The molecule has 1 heterocycles. The molecule has 0 unspecified atom stereocenters. The van der Waals surface area contributed by atoms with Crippen LogP contribution >= 0.6 is 11.8 Å². The Balaban J connectivity index is 1.89. The number of benzene rings is 2. The van der Waals surface area contributed by atoms with E-state index in [2.05, 4.69) is 10.0 Å². The van der Waals surface area contributed by atoms with Gasteiger partial charge in [0, 0.05) is 16.2 Å². The molecule has 6 nitrogen and oxygen atoms in total. The quantitative estimate of drug-likeness (QED) is 0.817. The summed E-state index contributed by atoms with van der Waals surface area (Å²) in [6, 6.07) is 12.3. The third kappa shape index (κ3) is 3.72. The minimum Gasteiger partial charge on any atom is -0.495 e. The van der Waals surface area contributed by atoms with Crippen LogP contribution in [0.3, 0.4) is 0 Å². The molecule has 0 bridgehead atoms. The SMILES string of the molecule is CNS(=O)(=O)c1cc(C(=O)N[C@H]2CCSc3ccccc32)ccc1OC. The highest BCUT2D eigenvalue weighted by Gasteiger charge is 2.24. The van der Waals surface area contributed by atoms with E-state index >= 15 is 0 Å². The third-order valence-corrected chi connectivity index (χ3v) is 6.81. The molecule has 0 spiro atoms. The zero-order valence-electron chi connectivity index (χ0n) is 14.5. The molecule has 26 heavy (non-hydrogen) atoms. The van der Waals surface area contributed by atoms with Gasteiger partial charge in [0.25, 0.3) is 5.91 Å². The van der Waals surface area contributed by atoms with Gasteiger partial charge in [0.05, 0.1) is 13.2 Å². The summed E-state index contributed by atoms with van der Waals surface area (Å²) in [6.45, 7) is 0. The van der Waals surface area contributed by atoms with Crippen LogP contribution in [0.15, 0.2) is 52.3 Å². The number of nitrogens with one attached hydrogen (secondary N) is 2. The second-order valence-corrected chi connectivity index (χ2v) is 8.77. The lowest BCUT2D eigenvalue weighted by Crippen LogP contribution is -2.31. The first-order valence-corrected chi connectivity index (χ1v) is 10.6. The van der Waals surface area contributed by atoms with E-state index in [0.717, 1.165) is 22.6 Å². The first-order chi connectivity index (χ1) is 12.5. The molecule has 1 amide bonds. The first kappa shape index (κ1) is 18.8. The lowest BCUT2D eigenvalue weighted by atomic mass is 10.0. The maximum absolute atomic E-state index is 12.7. The summed E-state index contributed by atoms with van der Waals surface area (Å²) in [4.78, 5) is 13.8. The number of thioether (sulfide) groups is 1. The molecule has 1 atom stereocenters. The van der Waals surface area contributed by atoms with Crippen molar-refractivity contribution in [2.24, 2.45) is 0 Å². The Morgan fingerprint density at radius 3 is 2.73 bits per heavy atom. The van der Waals surface area contributed by atoms with Gasteiger partial charge in [-0.3, -0.25) is 4.79 Å². The summed E-state index contributed by atoms with van der Waals surface area (Å²) in [7, 11) is -1.03. The van der Waals surface area contributed by atoms with Crippen molar-refractivity contribution in [1.29, 1.82) is 0 Å². The van der Waals surface area contributed by atoms with Gasteiger partial charge >= 0.3 is 0 Å². The zero-order chi connectivity index (χ0) is 18.7. The first-order valence-electron chi connectivity index (χ1n) is 8.10. The number of hydrogen-bond acceptors (Lipinski definition) is 5. The molecule has 1 aliphatic rings. The Morgan fingerprint density at radius 2 is 2.00 bits per heavy atom. The van der Waals surface area contributed by atoms with Crippen molar-refractivity contribution in [3.63, 3.8) is 0 Å². The minimum absolute atomic E-state index is 0.0604. The topological polar surface area (TPSA) is 84.5 Å². The third-order valence-electron chi connectivity index (χ3n) is 4.25. The Kier molecular flexibility index (Phi) is 5.55. The van der Waals surface area contributed by atoms with Crippen LogP contribution in [0.1, 0.15) is 28.4 Å². The van der Waals surface area contributed by atoms with Crippen LogP contribution in [-0.2, 0) is 10.0 Å². The Morgan fingerprint density at radius 1 is 1.23 bits per heavy atom. The molecule has 0 fully saturated rings. The normalized spacial score (nSPS) is 16.6.